The van der Waals surface area contributed by atoms with Gasteiger partial charge in [0.25, 0.3) is 0 Å². The Hall–Kier alpha value is -2.44. The Morgan fingerprint density at radius 1 is 1.17 bits per heavy atom. The van der Waals surface area contributed by atoms with Gasteiger partial charge < -0.3 is 15.6 Å². The lowest BCUT2D eigenvalue weighted by atomic mass is 10.2. The van der Waals surface area contributed by atoms with Crippen LogP contribution in [0.5, 0.6) is 0 Å². The second-order valence-corrected chi connectivity index (χ2v) is 3.55. The Bertz CT molecular complexity index is 636. The summed E-state index contributed by atoms with van der Waals surface area (Å²) in [5, 5.41) is 4.72. The first-order valence-corrected chi connectivity index (χ1v) is 5.02. The Morgan fingerprint density at radius 3 is 2.50 bits per heavy atom. The van der Waals surface area contributed by atoms with E-state index in [1.165, 1.54) is 13.2 Å². The molecule has 0 saturated heterocycles. The molecule has 2 amide bonds. The second kappa shape index (κ2) is 4.44. The molecule has 0 unspecified atom stereocenters. The molecular formula is C11H9F2N3O2. The van der Waals surface area contributed by atoms with Crippen molar-refractivity contribution in [1.29, 1.82) is 0 Å². The summed E-state index contributed by atoms with van der Waals surface area (Å²) >= 11 is 0. The van der Waals surface area contributed by atoms with Crippen LogP contribution in [0.1, 0.15) is 0 Å². The Morgan fingerprint density at radius 2 is 1.83 bits per heavy atom. The molecule has 1 heterocycles. The van der Waals surface area contributed by atoms with Crippen molar-refractivity contribution in [1.82, 2.24) is 10.3 Å². The summed E-state index contributed by atoms with van der Waals surface area (Å²) in [6.07, 6.45) is 1.35. The van der Waals surface area contributed by atoms with E-state index in [-0.39, 0.29) is 11.1 Å². The molecule has 5 nitrogen and oxygen atoms in total. The Kier molecular flexibility index (Phi) is 2.97. The van der Waals surface area contributed by atoms with E-state index in [2.05, 4.69) is 15.6 Å². The SMILES string of the molecule is CNC(=O)C(=O)Nc1c[nH]c2cc(F)c(F)cc12. The van der Waals surface area contributed by atoms with E-state index >= 15 is 0 Å². The van der Waals surface area contributed by atoms with Crippen LogP contribution in [0.4, 0.5) is 14.5 Å². The third-order valence-electron chi connectivity index (χ3n) is 2.40. The lowest BCUT2D eigenvalue weighted by Gasteiger charge is -2.02. The molecule has 0 aliphatic rings. The summed E-state index contributed by atoms with van der Waals surface area (Å²) in [4.78, 5) is 25.0. The van der Waals surface area contributed by atoms with Gasteiger partial charge in [0.15, 0.2) is 11.6 Å². The number of fused-ring (bicyclic) bond motifs is 1. The van der Waals surface area contributed by atoms with Gasteiger partial charge in [-0.15, -0.1) is 0 Å². The normalized spacial score (nSPS) is 10.4. The van der Waals surface area contributed by atoms with Crippen molar-refractivity contribution in [2.75, 3.05) is 12.4 Å². The highest BCUT2D eigenvalue weighted by atomic mass is 19.2. The molecule has 0 saturated carbocycles. The van der Waals surface area contributed by atoms with E-state index < -0.39 is 23.4 Å². The third kappa shape index (κ3) is 2.02. The fourth-order valence-electron chi connectivity index (χ4n) is 1.51. The van der Waals surface area contributed by atoms with Crippen LogP contribution >= 0.6 is 0 Å². The minimum Gasteiger partial charge on any atom is -0.359 e. The molecule has 0 radical (unpaired) electrons. The van der Waals surface area contributed by atoms with Gasteiger partial charge in [-0.3, -0.25) is 9.59 Å². The molecular weight excluding hydrogens is 244 g/mol. The smallest absolute Gasteiger partial charge is 0.313 e. The average molecular weight is 253 g/mol. The average Bonchev–Trinajstić information content (AvgIpc) is 2.71. The minimum atomic E-state index is -1.03. The number of hydrogen-bond acceptors (Lipinski definition) is 2. The third-order valence-corrected chi connectivity index (χ3v) is 2.40. The zero-order chi connectivity index (χ0) is 13.3. The number of halogens is 2. The number of anilines is 1. The van der Waals surface area contributed by atoms with Crippen molar-refractivity contribution in [2.45, 2.75) is 0 Å². The number of carbonyl (C=O) groups is 2. The highest BCUT2D eigenvalue weighted by molar-refractivity contribution is 6.40. The van der Waals surface area contributed by atoms with Crippen LogP contribution in [0.2, 0.25) is 0 Å². The Labute approximate surface area is 100 Å². The molecule has 0 bridgehead atoms. The summed E-state index contributed by atoms with van der Waals surface area (Å²) in [5.74, 6) is -3.74. The standard InChI is InChI=1S/C11H9F2N3O2/c1-14-10(17)11(18)16-9-4-15-8-3-7(13)6(12)2-5(8)9/h2-4,15H,1H3,(H,14,17)(H,16,18). The van der Waals surface area contributed by atoms with Gasteiger partial charge in [0.1, 0.15) is 0 Å². The highest BCUT2D eigenvalue weighted by Crippen LogP contribution is 2.25. The molecule has 1 aromatic carbocycles. The van der Waals surface area contributed by atoms with Gasteiger partial charge in [0.2, 0.25) is 0 Å². The summed E-state index contributed by atoms with van der Waals surface area (Å²) in [6, 6.07) is 1.92. The van der Waals surface area contributed by atoms with Crippen LogP contribution in [-0.2, 0) is 9.59 Å². The number of H-pyrrole nitrogens is 1. The molecule has 1 aromatic heterocycles. The zero-order valence-electron chi connectivity index (χ0n) is 9.30. The number of nitrogens with one attached hydrogen (secondary N) is 3. The largest absolute Gasteiger partial charge is 0.359 e. The maximum absolute atomic E-state index is 13.1. The van der Waals surface area contributed by atoms with Gasteiger partial charge in [0.05, 0.1) is 11.2 Å². The van der Waals surface area contributed by atoms with E-state index in [9.17, 15) is 18.4 Å². The molecule has 2 aromatic rings. The maximum Gasteiger partial charge on any atom is 0.313 e. The molecule has 0 atom stereocenters. The number of hydrogen-bond donors (Lipinski definition) is 3. The maximum atomic E-state index is 13.1. The van der Waals surface area contributed by atoms with Crippen molar-refractivity contribution in [3.63, 3.8) is 0 Å². The van der Waals surface area contributed by atoms with E-state index in [1.54, 1.807) is 0 Å². The second-order valence-electron chi connectivity index (χ2n) is 3.55. The molecule has 0 spiro atoms. The highest BCUT2D eigenvalue weighted by Gasteiger charge is 2.15. The van der Waals surface area contributed by atoms with Gasteiger partial charge in [-0.1, -0.05) is 0 Å². The first kappa shape index (κ1) is 12.0. The number of rotatable bonds is 1. The fraction of sp³-hybridized carbons (Fsp3) is 0.0909. The predicted octanol–water partition coefficient (Wildman–Crippen LogP) is 1.13. The number of carbonyl (C=O) groups excluding carboxylic acids is 2. The van der Waals surface area contributed by atoms with Gasteiger partial charge >= 0.3 is 11.8 Å². The summed E-state index contributed by atoms with van der Waals surface area (Å²) in [7, 11) is 1.31. The number of aromatic amines is 1. The molecule has 0 fully saturated rings. The Balaban J connectivity index is 2.38. The summed E-state index contributed by atoms with van der Waals surface area (Å²) < 4.78 is 26.0. The van der Waals surface area contributed by atoms with Crippen molar-refractivity contribution in [3.05, 3.63) is 30.0 Å². The van der Waals surface area contributed by atoms with Crippen LogP contribution in [0, 0.1) is 11.6 Å². The molecule has 0 aliphatic carbocycles. The van der Waals surface area contributed by atoms with Gasteiger partial charge in [-0.2, -0.15) is 0 Å². The number of likely N-dealkylation sites (N-methyl/N-ethyl adjacent to an activating group) is 1. The fourth-order valence-corrected chi connectivity index (χ4v) is 1.51. The van der Waals surface area contributed by atoms with E-state index in [0.29, 0.717) is 5.52 Å². The van der Waals surface area contributed by atoms with Crippen LogP contribution in [0.25, 0.3) is 10.9 Å². The van der Waals surface area contributed by atoms with E-state index in [0.717, 1.165) is 12.1 Å². The van der Waals surface area contributed by atoms with E-state index in [1.807, 2.05) is 0 Å². The van der Waals surface area contributed by atoms with Crippen molar-refractivity contribution < 1.29 is 18.4 Å². The molecule has 94 valence electrons. The van der Waals surface area contributed by atoms with Gasteiger partial charge in [0, 0.05) is 24.7 Å². The molecule has 2 rings (SSSR count). The van der Waals surface area contributed by atoms with Crippen molar-refractivity contribution in [3.8, 4) is 0 Å². The van der Waals surface area contributed by atoms with Gasteiger partial charge in [-0.05, 0) is 6.07 Å². The lowest BCUT2D eigenvalue weighted by molar-refractivity contribution is -0.135. The molecule has 18 heavy (non-hydrogen) atoms. The lowest BCUT2D eigenvalue weighted by Crippen LogP contribution is -2.32. The van der Waals surface area contributed by atoms with Crippen molar-refractivity contribution >= 4 is 28.4 Å². The minimum absolute atomic E-state index is 0.206. The number of benzene rings is 1. The summed E-state index contributed by atoms with van der Waals surface area (Å²) in [6.45, 7) is 0. The monoisotopic (exact) mass is 253 g/mol. The van der Waals surface area contributed by atoms with Crippen LogP contribution in [0.3, 0.4) is 0 Å². The number of aromatic nitrogens is 1. The first-order chi connectivity index (χ1) is 8.52. The first-order valence-electron chi connectivity index (χ1n) is 5.02. The van der Waals surface area contributed by atoms with Crippen LogP contribution < -0.4 is 10.6 Å². The van der Waals surface area contributed by atoms with Gasteiger partial charge in [-0.25, -0.2) is 8.78 Å². The van der Waals surface area contributed by atoms with Crippen molar-refractivity contribution in [2.24, 2.45) is 0 Å². The predicted molar refractivity (Wildman–Crippen MR) is 60.9 cm³/mol. The summed E-state index contributed by atoms with van der Waals surface area (Å²) in [5.41, 5.74) is 0.526. The molecule has 3 N–H and O–H groups in total. The van der Waals surface area contributed by atoms with Crippen LogP contribution in [-0.4, -0.2) is 23.8 Å². The van der Waals surface area contributed by atoms with E-state index in [4.69, 9.17) is 0 Å². The van der Waals surface area contributed by atoms with Crippen LogP contribution in [0.15, 0.2) is 18.3 Å². The quantitative estimate of drug-likeness (QED) is 0.666. The zero-order valence-corrected chi connectivity index (χ0v) is 9.30. The molecule has 7 heteroatoms. The molecule has 0 aliphatic heterocycles. The topological polar surface area (TPSA) is 74.0 Å². The number of amides is 2.